The van der Waals surface area contributed by atoms with Crippen LogP contribution in [-0.2, 0) is 13.6 Å². The van der Waals surface area contributed by atoms with E-state index >= 15 is 0 Å². The summed E-state index contributed by atoms with van der Waals surface area (Å²) in [6.07, 6.45) is 4.07. The molecule has 0 amide bonds. The highest BCUT2D eigenvalue weighted by molar-refractivity contribution is 7.54. The van der Waals surface area contributed by atoms with Gasteiger partial charge in [-0.15, -0.1) is 0 Å². The highest BCUT2D eigenvalue weighted by atomic mass is 31.2. The lowest BCUT2D eigenvalue weighted by Crippen LogP contribution is -1.98. The monoisotopic (exact) mass is 254 g/mol. The van der Waals surface area contributed by atoms with Crippen molar-refractivity contribution in [1.29, 1.82) is 0 Å². The van der Waals surface area contributed by atoms with E-state index in [2.05, 4.69) is 0 Å². The number of benzene rings is 1. The zero-order valence-corrected chi connectivity index (χ0v) is 11.2. The fourth-order valence-corrected chi connectivity index (χ4v) is 2.85. The maximum atomic E-state index is 12.1. The summed E-state index contributed by atoms with van der Waals surface area (Å²) in [5, 5.41) is 0. The van der Waals surface area contributed by atoms with Crippen LogP contribution in [0.5, 0.6) is 0 Å². The average Bonchev–Trinajstić information content (AvgIpc) is 2.31. The van der Waals surface area contributed by atoms with Crippen molar-refractivity contribution >= 4 is 13.7 Å². The third-order valence-electron chi connectivity index (χ3n) is 2.09. The molecule has 0 unspecified atom stereocenters. The fourth-order valence-electron chi connectivity index (χ4n) is 1.42. The highest BCUT2D eigenvalue weighted by Crippen LogP contribution is 2.47. The molecule has 4 heteroatoms. The Bertz CT molecular complexity index is 377. The third kappa shape index (κ3) is 5.31. The van der Waals surface area contributed by atoms with Crippen LogP contribution in [0, 0.1) is 0 Å². The quantitative estimate of drug-likeness (QED) is 0.691. The van der Waals surface area contributed by atoms with E-state index in [0.717, 1.165) is 5.56 Å². The SMILES string of the molecule is CCOP(=O)(C/C=C/c1ccccc1)OCC. The Morgan fingerprint density at radius 2 is 1.71 bits per heavy atom. The second-order valence-corrected chi connectivity index (χ2v) is 5.55. The van der Waals surface area contributed by atoms with Crippen molar-refractivity contribution in [2.45, 2.75) is 13.8 Å². The van der Waals surface area contributed by atoms with Crippen LogP contribution in [0.3, 0.4) is 0 Å². The molecule has 1 aromatic carbocycles. The third-order valence-corrected chi connectivity index (χ3v) is 4.05. The molecule has 0 spiro atoms. The molecule has 0 saturated heterocycles. The Kier molecular flexibility index (Phi) is 6.20. The van der Waals surface area contributed by atoms with Gasteiger partial charge in [0.05, 0.1) is 19.4 Å². The van der Waals surface area contributed by atoms with Crippen LogP contribution < -0.4 is 0 Å². The van der Waals surface area contributed by atoms with Crippen molar-refractivity contribution in [3.8, 4) is 0 Å². The zero-order chi connectivity index (χ0) is 12.6. The molecule has 0 saturated carbocycles. The number of hydrogen-bond donors (Lipinski definition) is 0. The molecule has 0 aromatic heterocycles. The van der Waals surface area contributed by atoms with E-state index in [-0.39, 0.29) is 0 Å². The lowest BCUT2D eigenvalue weighted by atomic mass is 10.2. The molecule has 0 heterocycles. The summed E-state index contributed by atoms with van der Waals surface area (Å²) in [5.41, 5.74) is 1.08. The molecular weight excluding hydrogens is 235 g/mol. The highest BCUT2D eigenvalue weighted by Gasteiger charge is 2.20. The van der Waals surface area contributed by atoms with Crippen LogP contribution in [-0.4, -0.2) is 19.4 Å². The summed E-state index contributed by atoms with van der Waals surface area (Å²) in [5.74, 6) is 0. The van der Waals surface area contributed by atoms with Crippen LogP contribution in [0.4, 0.5) is 0 Å². The van der Waals surface area contributed by atoms with Gasteiger partial charge in [0.15, 0.2) is 0 Å². The number of rotatable bonds is 7. The maximum Gasteiger partial charge on any atom is 0.334 e. The summed E-state index contributed by atoms with van der Waals surface area (Å²) in [6.45, 7) is 4.42. The van der Waals surface area contributed by atoms with Gasteiger partial charge in [0.25, 0.3) is 0 Å². The molecule has 1 aromatic rings. The molecule has 0 fully saturated rings. The Morgan fingerprint density at radius 3 is 2.24 bits per heavy atom. The van der Waals surface area contributed by atoms with E-state index < -0.39 is 7.60 Å². The van der Waals surface area contributed by atoms with Gasteiger partial charge in [-0.25, -0.2) is 0 Å². The van der Waals surface area contributed by atoms with Crippen molar-refractivity contribution < 1.29 is 13.6 Å². The molecule has 0 aliphatic rings. The zero-order valence-electron chi connectivity index (χ0n) is 10.3. The topological polar surface area (TPSA) is 35.5 Å². The van der Waals surface area contributed by atoms with Crippen molar-refractivity contribution in [2.24, 2.45) is 0 Å². The first-order chi connectivity index (χ1) is 8.20. The second kappa shape index (κ2) is 7.44. The predicted molar refractivity (Wildman–Crippen MR) is 71.2 cm³/mol. The van der Waals surface area contributed by atoms with Crippen LogP contribution in [0.1, 0.15) is 19.4 Å². The molecule has 0 bridgehead atoms. The first-order valence-corrected chi connectivity index (χ1v) is 7.52. The smallest absolute Gasteiger partial charge is 0.309 e. The normalized spacial score (nSPS) is 12.1. The molecule has 0 atom stereocenters. The van der Waals surface area contributed by atoms with E-state index in [4.69, 9.17) is 9.05 Å². The maximum absolute atomic E-state index is 12.1. The lowest BCUT2D eigenvalue weighted by molar-refractivity contribution is 0.222. The Morgan fingerprint density at radius 1 is 1.12 bits per heavy atom. The van der Waals surface area contributed by atoms with Gasteiger partial charge in [0.1, 0.15) is 0 Å². The van der Waals surface area contributed by atoms with Gasteiger partial charge < -0.3 is 9.05 Å². The number of hydrogen-bond acceptors (Lipinski definition) is 3. The van der Waals surface area contributed by atoms with E-state index in [1.54, 1.807) is 0 Å². The molecule has 0 radical (unpaired) electrons. The van der Waals surface area contributed by atoms with Crippen molar-refractivity contribution in [3.05, 3.63) is 42.0 Å². The Hall–Kier alpha value is -0.890. The molecular formula is C13H19O3P. The van der Waals surface area contributed by atoms with Crippen LogP contribution in [0.25, 0.3) is 6.08 Å². The van der Waals surface area contributed by atoms with Crippen molar-refractivity contribution in [1.82, 2.24) is 0 Å². The van der Waals surface area contributed by atoms with Gasteiger partial charge in [-0.3, -0.25) is 4.57 Å². The minimum Gasteiger partial charge on any atom is -0.309 e. The first-order valence-electron chi connectivity index (χ1n) is 5.80. The number of allylic oxidation sites excluding steroid dienone is 1. The first kappa shape index (κ1) is 14.2. The van der Waals surface area contributed by atoms with Gasteiger partial charge in [-0.2, -0.15) is 0 Å². The summed E-state index contributed by atoms with van der Waals surface area (Å²) < 4.78 is 22.5. The molecule has 94 valence electrons. The standard InChI is InChI=1S/C13H19O3P/c1-3-15-17(14,16-4-2)12-8-11-13-9-6-5-7-10-13/h5-11H,3-4,12H2,1-2H3/b11-8+. The molecule has 17 heavy (non-hydrogen) atoms. The van der Waals surface area contributed by atoms with Gasteiger partial charge in [-0.1, -0.05) is 42.5 Å². The largest absolute Gasteiger partial charge is 0.334 e. The average molecular weight is 254 g/mol. The van der Waals surface area contributed by atoms with Gasteiger partial charge >= 0.3 is 7.60 Å². The second-order valence-electron chi connectivity index (χ2n) is 3.44. The molecule has 1 rings (SSSR count). The van der Waals surface area contributed by atoms with Crippen molar-refractivity contribution in [3.63, 3.8) is 0 Å². The van der Waals surface area contributed by atoms with E-state index in [1.807, 2.05) is 56.3 Å². The lowest BCUT2D eigenvalue weighted by Gasteiger charge is -2.14. The van der Waals surface area contributed by atoms with E-state index in [9.17, 15) is 4.57 Å². The molecule has 3 nitrogen and oxygen atoms in total. The summed E-state index contributed by atoms with van der Waals surface area (Å²) >= 11 is 0. The van der Waals surface area contributed by atoms with Gasteiger partial charge in [0.2, 0.25) is 0 Å². The fraction of sp³-hybridized carbons (Fsp3) is 0.385. The van der Waals surface area contributed by atoms with E-state index in [0.29, 0.717) is 19.4 Å². The summed E-state index contributed by atoms with van der Waals surface area (Å²) in [4.78, 5) is 0. The van der Waals surface area contributed by atoms with Crippen LogP contribution in [0.2, 0.25) is 0 Å². The minimum atomic E-state index is -2.94. The predicted octanol–water partition coefficient (Wildman–Crippen LogP) is 3.97. The van der Waals surface area contributed by atoms with Gasteiger partial charge in [-0.05, 0) is 19.4 Å². The van der Waals surface area contributed by atoms with E-state index in [1.165, 1.54) is 0 Å². The summed E-state index contributed by atoms with van der Waals surface area (Å²) in [6, 6.07) is 9.86. The Balaban J connectivity index is 2.58. The molecule has 0 aliphatic carbocycles. The van der Waals surface area contributed by atoms with Crippen LogP contribution >= 0.6 is 7.60 Å². The molecule has 0 N–H and O–H groups in total. The van der Waals surface area contributed by atoms with Crippen LogP contribution in [0.15, 0.2) is 36.4 Å². The van der Waals surface area contributed by atoms with Crippen molar-refractivity contribution in [2.75, 3.05) is 19.4 Å². The van der Waals surface area contributed by atoms with Gasteiger partial charge in [0, 0.05) is 0 Å². The minimum absolute atomic E-state index is 0.309. The molecule has 0 aliphatic heterocycles. The Labute approximate surface area is 103 Å². The summed E-state index contributed by atoms with van der Waals surface area (Å²) in [7, 11) is -2.94.